The molecule has 0 bridgehead atoms. The number of hydrogen-bond acceptors (Lipinski definition) is 5. The lowest BCUT2D eigenvalue weighted by molar-refractivity contribution is 0.234. The Hall–Kier alpha value is -1.52. The van der Waals surface area contributed by atoms with E-state index in [9.17, 15) is 0 Å². The lowest BCUT2D eigenvalue weighted by atomic mass is 9.87. The van der Waals surface area contributed by atoms with Crippen LogP contribution in [0.25, 0.3) is 0 Å². The average Bonchev–Trinajstić information content (AvgIpc) is 2.39. The van der Waals surface area contributed by atoms with E-state index in [0.717, 1.165) is 6.54 Å². The molecule has 0 aromatic carbocycles. The molecule has 1 rings (SSSR count). The maximum Gasteiger partial charge on any atom is 0.242 e. The molecule has 0 unspecified atom stereocenters. The molecule has 0 amide bonds. The summed E-state index contributed by atoms with van der Waals surface area (Å²) in [6, 6.07) is 0. The monoisotopic (exact) mass is 294 g/mol. The Bertz CT molecular complexity index is 432. The topological polar surface area (TPSA) is 73.1 Å². The van der Waals surface area contributed by atoms with Gasteiger partial charge < -0.3 is 15.8 Å². The highest BCUT2D eigenvalue weighted by Crippen LogP contribution is 2.28. The van der Waals surface area contributed by atoms with Crippen LogP contribution < -0.4 is 15.8 Å². The van der Waals surface area contributed by atoms with Crippen molar-refractivity contribution in [3.63, 3.8) is 0 Å². The summed E-state index contributed by atoms with van der Waals surface area (Å²) >= 11 is 0. The molecule has 0 aliphatic heterocycles. The quantitative estimate of drug-likeness (QED) is 0.676. The number of hydrogen-bond donors (Lipinski definition) is 2. The summed E-state index contributed by atoms with van der Waals surface area (Å²) < 4.78 is 5.58. The normalized spacial score (nSPS) is 11.7. The van der Waals surface area contributed by atoms with Gasteiger partial charge in [-0.05, 0) is 25.7 Å². The molecule has 3 N–H and O–H groups in total. The van der Waals surface area contributed by atoms with Crippen LogP contribution in [0.15, 0.2) is 6.33 Å². The minimum atomic E-state index is 0.0422. The third-order valence-electron chi connectivity index (χ3n) is 3.39. The molecule has 0 aliphatic rings. The summed E-state index contributed by atoms with van der Waals surface area (Å²) in [5.41, 5.74) is 6.77. The predicted molar refractivity (Wildman–Crippen MR) is 88.6 cm³/mol. The first kappa shape index (κ1) is 17.5. The molecule has 0 atom stereocenters. The van der Waals surface area contributed by atoms with Crippen molar-refractivity contribution in [3.8, 4) is 5.88 Å². The Morgan fingerprint density at radius 1 is 1.29 bits per heavy atom. The van der Waals surface area contributed by atoms with Gasteiger partial charge in [0.25, 0.3) is 0 Å². The zero-order valence-corrected chi connectivity index (χ0v) is 14.1. The van der Waals surface area contributed by atoms with Crippen LogP contribution in [0.1, 0.15) is 60.3 Å². The third kappa shape index (κ3) is 6.19. The third-order valence-corrected chi connectivity index (χ3v) is 3.39. The highest BCUT2D eigenvalue weighted by molar-refractivity contribution is 5.66. The van der Waals surface area contributed by atoms with E-state index in [4.69, 9.17) is 10.5 Å². The zero-order valence-electron chi connectivity index (χ0n) is 14.1. The second-order valence-electron chi connectivity index (χ2n) is 6.58. The SMILES string of the molecule is CCCCCC(C)(C)CNc1ncnc(OC(C)C)c1N. The van der Waals surface area contributed by atoms with Gasteiger partial charge in [0, 0.05) is 6.54 Å². The summed E-state index contributed by atoms with van der Waals surface area (Å²) in [6.07, 6.45) is 6.50. The number of nitrogen functional groups attached to an aromatic ring is 1. The standard InChI is InChI=1S/C16H30N4O/c1-6-7-8-9-16(4,5)10-18-14-13(17)15(20-11-19-14)21-12(2)3/h11-12H,6-10,17H2,1-5H3,(H,18,19,20). The molecule has 0 fully saturated rings. The molecule has 5 nitrogen and oxygen atoms in total. The molecule has 120 valence electrons. The van der Waals surface area contributed by atoms with Crippen molar-refractivity contribution >= 4 is 11.5 Å². The largest absolute Gasteiger partial charge is 0.473 e. The van der Waals surface area contributed by atoms with Crippen LogP contribution in [-0.2, 0) is 0 Å². The Kier molecular flexibility index (Phi) is 6.72. The average molecular weight is 294 g/mol. The molecule has 21 heavy (non-hydrogen) atoms. The van der Waals surface area contributed by atoms with Crippen molar-refractivity contribution in [2.75, 3.05) is 17.6 Å². The lowest BCUT2D eigenvalue weighted by Gasteiger charge is -2.25. The highest BCUT2D eigenvalue weighted by Gasteiger charge is 2.19. The first-order chi connectivity index (χ1) is 9.85. The van der Waals surface area contributed by atoms with E-state index in [1.807, 2.05) is 13.8 Å². The van der Waals surface area contributed by atoms with E-state index in [0.29, 0.717) is 17.4 Å². The van der Waals surface area contributed by atoms with Crippen LogP contribution in [0.4, 0.5) is 11.5 Å². The molecule has 1 heterocycles. The fourth-order valence-corrected chi connectivity index (χ4v) is 2.10. The van der Waals surface area contributed by atoms with E-state index < -0.39 is 0 Å². The molecular weight excluding hydrogens is 264 g/mol. The van der Waals surface area contributed by atoms with Gasteiger partial charge in [-0.25, -0.2) is 4.98 Å². The first-order valence-electron chi connectivity index (χ1n) is 7.86. The second kappa shape index (κ2) is 8.05. The van der Waals surface area contributed by atoms with Crippen LogP contribution in [0.3, 0.4) is 0 Å². The Morgan fingerprint density at radius 3 is 2.62 bits per heavy atom. The summed E-state index contributed by atoms with van der Waals surface area (Å²) in [5, 5.41) is 3.34. The van der Waals surface area contributed by atoms with E-state index >= 15 is 0 Å². The molecular formula is C16H30N4O. The van der Waals surface area contributed by atoms with Crippen molar-refractivity contribution in [2.45, 2.75) is 66.4 Å². The van der Waals surface area contributed by atoms with Crippen molar-refractivity contribution < 1.29 is 4.74 Å². The second-order valence-corrected chi connectivity index (χ2v) is 6.58. The maximum absolute atomic E-state index is 6.07. The molecule has 0 saturated heterocycles. The minimum absolute atomic E-state index is 0.0422. The molecule has 0 saturated carbocycles. The van der Waals surface area contributed by atoms with Gasteiger partial charge in [0.2, 0.25) is 5.88 Å². The van der Waals surface area contributed by atoms with E-state index in [2.05, 4.69) is 36.1 Å². The van der Waals surface area contributed by atoms with Crippen molar-refractivity contribution in [2.24, 2.45) is 5.41 Å². The number of nitrogens with one attached hydrogen (secondary N) is 1. The number of ether oxygens (including phenoxy) is 1. The number of anilines is 2. The van der Waals surface area contributed by atoms with Crippen LogP contribution in [0.5, 0.6) is 5.88 Å². The van der Waals surface area contributed by atoms with E-state index in [1.165, 1.54) is 32.0 Å². The van der Waals surface area contributed by atoms with Crippen molar-refractivity contribution in [1.29, 1.82) is 0 Å². The van der Waals surface area contributed by atoms with Crippen molar-refractivity contribution in [3.05, 3.63) is 6.33 Å². The number of nitrogens with zero attached hydrogens (tertiary/aromatic N) is 2. The summed E-state index contributed by atoms with van der Waals surface area (Å²) in [7, 11) is 0. The van der Waals surface area contributed by atoms with Gasteiger partial charge in [-0.2, -0.15) is 4.98 Å². The lowest BCUT2D eigenvalue weighted by Crippen LogP contribution is -2.24. The smallest absolute Gasteiger partial charge is 0.242 e. The van der Waals surface area contributed by atoms with E-state index in [-0.39, 0.29) is 11.5 Å². The van der Waals surface area contributed by atoms with Gasteiger partial charge in [0.05, 0.1) is 6.10 Å². The number of aromatic nitrogens is 2. The van der Waals surface area contributed by atoms with Gasteiger partial charge in [-0.1, -0.05) is 40.0 Å². The first-order valence-corrected chi connectivity index (χ1v) is 7.86. The Morgan fingerprint density at radius 2 is 2.00 bits per heavy atom. The fourth-order valence-electron chi connectivity index (χ4n) is 2.10. The van der Waals surface area contributed by atoms with Gasteiger partial charge in [-0.15, -0.1) is 0 Å². The zero-order chi connectivity index (χ0) is 15.9. The molecule has 0 spiro atoms. The van der Waals surface area contributed by atoms with Crippen LogP contribution >= 0.6 is 0 Å². The van der Waals surface area contributed by atoms with Crippen LogP contribution in [0.2, 0.25) is 0 Å². The van der Waals surface area contributed by atoms with Gasteiger partial charge in [0.15, 0.2) is 5.82 Å². The van der Waals surface area contributed by atoms with Gasteiger partial charge >= 0.3 is 0 Å². The van der Waals surface area contributed by atoms with Gasteiger partial charge in [0.1, 0.15) is 12.0 Å². The Balaban J connectivity index is 2.62. The maximum atomic E-state index is 6.07. The van der Waals surface area contributed by atoms with Crippen molar-refractivity contribution in [1.82, 2.24) is 9.97 Å². The fraction of sp³-hybridized carbons (Fsp3) is 0.750. The molecule has 0 aliphatic carbocycles. The molecule has 5 heteroatoms. The number of unbranched alkanes of at least 4 members (excludes halogenated alkanes) is 2. The Labute approximate surface area is 128 Å². The van der Waals surface area contributed by atoms with Gasteiger partial charge in [-0.3, -0.25) is 0 Å². The predicted octanol–water partition coefficient (Wildman–Crippen LogP) is 3.86. The van der Waals surface area contributed by atoms with Crippen LogP contribution in [-0.4, -0.2) is 22.6 Å². The summed E-state index contributed by atoms with van der Waals surface area (Å²) in [5.74, 6) is 1.11. The van der Waals surface area contributed by atoms with E-state index in [1.54, 1.807) is 0 Å². The molecule has 1 aromatic rings. The highest BCUT2D eigenvalue weighted by atomic mass is 16.5. The number of rotatable bonds is 9. The number of nitrogens with two attached hydrogens (primary N) is 1. The molecule has 1 aromatic heterocycles. The summed E-state index contributed by atoms with van der Waals surface area (Å²) in [4.78, 5) is 8.30. The molecule has 0 radical (unpaired) electrons. The minimum Gasteiger partial charge on any atom is -0.473 e. The van der Waals surface area contributed by atoms with Crippen LogP contribution in [0, 0.1) is 5.41 Å². The summed E-state index contributed by atoms with van der Waals surface area (Å²) in [6.45, 7) is 11.5.